The maximum Gasteiger partial charge on any atom is 0.00964 e. The standard InChI is InChI=1S/C12H24N2/c1-10(13-2)9-11-5-7-14(8-6-11)12-3-4-12/h10-13H,3-9H2,1-2H3. The number of hydrogen-bond acceptors (Lipinski definition) is 2. The van der Waals surface area contributed by atoms with Gasteiger partial charge in [0.2, 0.25) is 0 Å². The van der Waals surface area contributed by atoms with Gasteiger partial charge in [0.1, 0.15) is 0 Å². The van der Waals surface area contributed by atoms with E-state index in [9.17, 15) is 0 Å². The molecule has 2 fully saturated rings. The summed E-state index contributed by atoms with van der Waals surface area (Å²) in [7, 11) is 2.07. The highest BCUT2D eigenvalue weighted by Crippen LogP contribution is 2.31. The normalized spacial score (nSPS) is 27.9. The van der Waals surface area contributed by atoms with E-state index in [0.29, 0.717) is 6.04 Å². The van der Waals surface area contributed by atoms with Crippen LogP contribution < -0.4 is 5.32 Å². The van der Waals surface area contributed by atoms with Crippen LogP contribution in [-0.4, -0.2) is 37.1 Å². The van der Waals surface area contributed by atoms with Gasteiger partial charge in [0, 0.05) is 12.1 Å². The van der Waals surface area contributed by atoms with E-state index < -0.39 is 0 Å². The van der Waals surface area contributed by atoms with Gasteiger partial charge in [-0.3, -0.25) is 0 Å². The van der Waals surface area contributed by atoms with Gasteiger partial charge in [0.25, 0.3) is 0 Å². The van der Waals surface area contributed by atoms with Gasteiger partial charge in [-0.25, -0.2) is 0 Å². The summed E-state index contributed by atoms with van der Waals surface area (Å²) in [6, 6.07) is 1.69. The van der Waals surface area contributed by atoms with Crippen LogP contribution in [0.1, 0.15) is 39.0 Å². The smallest absolute Gasteiger partial charge is 0.00964 e. The molecule has 1 atom stereocenters. The van der Waals surface area contributed by atoms with Gasteiger partial charge < -0.3 is 10.2 Å². The number of hydrogen-bond donors (Lipinski definition) is 1. The predicted octanol–water partition coefficient (Wildman–Crippen LogP) is 1.86. The van der Waals surface area contributed by atoms with E-state index in [1.54, 1.807) is 0 Å². The van der Waals surface area contributed by atoms with E-state index in [1.807, 2.05) is 0 Å². The van der Waals surface area contributed by atoms with Crippen molar-refractivity contribution in [3.05, 3.63) is 0 Å². The van der Waals surface area contributed by atoms with Crippen LogP contribution in [0.15, 0.2) is 0 Å². The SMILES string of the molecule is CNC(C)CC1CCN(C2CC2)CC1. The molecular weight excluding hydrogens is 172 g/mol. The zero-order valence-electron chi connectivity index (χ0n) is 9.63. The van der Waals surface area contributed by atoms with Crippen molar-refractivity contribution < 1.29 is 0 Å². The molecule has 2 nitrogen and oxygen atoms in total. The van der Waals surface area contributed by atoms with Crippen LogP contribution >= 0.6 is 0 Å². The Balaban J connectivity index is 1.67. The Labute approximate surface area is 88.1 Å². The third-order valence-electron chi connectivity index (χ3n) is 3.89. The fourth-order valence-electron chi connectivity index (χ4n) is 2.61. The second-order valence-corrected chi connectivity index (χ2v) is 5.14. The summed E-state index contributed by atoms with van der Waals surface area (Å²) in [5, 5.41) is 3.34. The number of piperidine rings is 1. The van der Waals surface area contributed by atoms with Crippen LogP contribution in [0, 0.1) is 5.92 Å². The molecule has 2 rings (SSSR count). The fourth-order valence-corrected chi connectivity index (χ4v) is 2.61. The summed E-state index contributed by atoms with van der Waals surface area (Å²) >= 11 is 0. The van der Waals surface area contributed by atoms with Crippen molar-refractivity contribution in [2.75, 3.05) is 20.1 Å². The zero-order chi connectivity index (χ0) is 9.97. The Morgan fingerprint density at radius 2 is 1.86 bits per heavy atom. The lowest BCUT2D eigenvalue weighted by atomic mass is 9.90. The van der Waals surface area contributed by atoms with E-state index in [1.165, 1.54) is 45.2 Å². The summed E-state index contributed by atoms with van der Waals surface area (Å²) < 4.78 is 0. The molecule has 0 spiro atoms. The summed E-state index contributed by atoms with van der Waals surface area (Å²) in [5.41, 5.74) is 0. The van der Waals surface area contributed by atoms with Crippen LogP contribution in [0.3, 0.4) is 0 Å². The van der Waals surface area contributed by atoms with Crippen LogP contribution in [0.2, 0.25) is 0 Å². The number of nitrogens with one attached hydrogen (secondary N) is 1. The van der Waals surface area contributed by atoms with Crippen molar-refractivity contribution in [3.63, 3.8) is 0 Å². The van der Waals surface area contributed by atoms with Crippen LogP contribution in [-0.2, 0) is 0 Å². The van der Waals surface area contributed by atoms with Crippen LogP contribution in [0.5, 0.6) is 0 Å². The Hall–Kier alpha value is -0.0800. The van der Waals surface area contributed by atoms with Crippen molar-refractivity contribution in [1.82, 2.24) is 10.2 Å². The first-order valence-electron chi connectivity index (χ1n) is 6.21. The monoisotopic (exact) mass is 196 g/mol. The van der Waals surface area contributed by atoms with Crippen molar-refractivity contribution in [1.29, 1.82) is 0 Å². The van der Waals surface area contributed by atoms with E-state index >= 15 is 0 Å². The molecule has 0 radical (unpaired) electrons. The van der Waals surface area contributed by atoms with Crippen molar-refractivity contribution in [3.8, 4) is 0 Å². The highest BCUT2D eigenvalue weighted by Gasteiger charge is 2.31. The lowest BCUT2D eigenvalue weighted by Crippen LogP contribution is -2.37. The summed E-state index contributed by atoms with van der Waals surface area (Å²) in [6.07, 6.45) is 7.18. The highest BCUT2D eigenvalue weighted by atomic mass is 15.2. The number of nitrogens with zero attached hydrogens (tertiary/aromatic N) is 1. The molecule has 82 valence electrons. The third-order valence-corrected chi connectivity index (χ3v) is 3.89. The van der Waals surface area contributed by atoms with Crippen LogP contribution in [0.25, 0.3) is 0 Å². The molecule has 0 bridgehead atoms. The van der Waals surface area contributed by atoms with Gasteiger partial charge >= 0.3 is 0 Å². The lowest BCUT2D eigenvalue weighted by Gasteiger charge is -2.33. The predicted molar refractivity (Wildman–Crippen MR) is 60.5 cm³/mol. The molecule has 0 aromatic heterocycles. The second-order valence-electron chi connectivity index (χ2n) is 5.14. The molecule has 1 saturated heterocycles. The minimum atomic E-state index is 0.701. The highest BCUT2D eigenvalue weighted by molar-refractivity contribution is 4.87. The van der Waals surface area contributed by atoms with E-state index in [0.717, 1.165) is 12.0 Å². The average molecular weight is 196 g/mol. The van der Waals surface area contributed by atoms with Gasteiger partial charge in [-0.1, -0.05) is 0 Å². The molecule has 1 N–H and O–H groups in total. The number of rotatable bonds is 4. The second kappa shape index (κ2) is 4.63. The minimum Gasteiger partial charge on any atom is -0.317 e. The Morgan fingerprint density at radius 1 is 1.21 bits per heavy atom. The van der Waals surface area contributed by atoms with Crippen LogP contribution in [0.4, 0.5) is 0 Å². The van der Waals surface area contributed by atoms with Crippen molar-refractivity contribution in [2.45, 2.75) is 51.1 Å². The van der Waals surface area contributed by atoms with Crippen molar-refractivity contribution >= 4 is 0 Å². The Bertz CT molecular complexity index is 169. The van der Waals surface area contributed by atoms with E-state index in [2.05, 4.69) is 24.2 Å². The molecule has 0 aromatic carbocycles. The Kier molecular flexibility index (Phi) is 3.45. The quantitative estimate of drug-likeness (QED) is 0.738. The molecular formula is C12H24N2. The first-order chi connectivity index (χ1) is 6.79. The van der Waals surface area contributed by atoms with Gasteiger partial charge in [0.15, 0.2) is 0 Å². The molecule has 2 heteroatoms. The van der Waals surface area contributed by atoms with Crippen molar-refractivity contribution in [2.24, 2.45) is 5.92 Å². The molecule has 1 aliphatic carbocycles. The third kappa shape index (κ3) is 2.71. The maximum atomic E-state index is 3.34. The molecule has 14 heavy (non-hydrogen) atoms. The minimum absolute atomic E-state index is 0.701. The molecule has 1 saturated carbocycles. The Morgan fingerprint density at radius 3 is 2.36 bits per heavy atom. The lowest BCUT2D eigenvalue weighted by molar-refractivity contribution is 0.166. The topological polar surface area (TPSA) is 15.3 Å². The van der Waals surface area contributed by atoms with E-state index in [-0.39, 0.29) is 0 Å². The van der Waals surface area contributed by atoms with Gasteiger partial charge in [-0.2, -0.15) is 0 Å². The molecule has 1 unspecified atom stereocenters. The fraction of sp³-hybridized carbons (Fsp3) is 1.00. The molecule has 1 aliphatic heterocycles. The molecule has 0 amide bonds. The summed E-state index contributed by atoms with van der Waals surface area (Å²) in [4.78, 5) is 2.71. The summed E-state index contributed by atoms with van der Waals surface area (Å²) in [6.45, 7) is 5.03. The van der Waals surface area contributed by atoms with Gasteiger partial charge in [-0.05, 0) is 65.1 Å². The largest absolute Gasteiger partial charge is 0.317 e. The molecule has 0 aromatic rings. The first-order valence-corrected chi connectivity index (χ1v) is 6.21. The first kappa shape index (κ1) is 10.4. The van der Waals surface area contributed by atoms with E-state index in [4.69, 9.17) is 0 Å². The average Bonchev–Trinajstić information content (AvgIpc) is 3.02. The molecule has 2 aliphatic rings. The number of likely N-dealkylation sites (tertiary alicyclic amines) is 1. The summed E-state index contributed by atoms with van der Waals surface area (Å²) in [5.74, 6) is 0.979. The van der Waals surface area contributed by atoms with Gasteiger partial charge in [0.05, 0.1) is 0 Å². The molecule has 1 heterocycles. The zero-order valence-corrected chi connectivity index (χ0v) is 9.63. The maximum absolute atomic E-state index is 3.34. The van der Waals surface area contributed by atoms with Gasteiger partial charge in [-0.15, -0.1) is 0 Å².